The van der Waals surface area contributed by atoms with E-state index in [-0.39, 0.29) is 23.9 Å². The van der Waals surface area contributed by atoms with E-state index in [1.54, 1.807) is 18.3 Å². The lowest BCUT2D eigenvalue weighted by molar-refractivity contribution is -0.137. The summed E-state index contributed by atoms with van der Waals surface area (Å²) >= 11 is 7.41. The zero-order chi connectivity index (χ0) is 18.7. The molecular weight excluding hydrogens is 376 g/mol. The number of carboxylic acids is 1. The summed E-state index contributed by atoms with van der Waals surface area (Å²) in [6, 6.07) is 9.01. The molecule has 0 radical (unpaired) electrons. The summed E-state index contributed by atoms with van der Waals surface area (Å²) in [5.74, 6) is -0.480. The van der Waals surface area contributed by atoms with Crippen LogP contribution >= 0.6 is 22.9 Å². The first-order valence-electron chi connectivity index (χ1n) is 8.12. The molecular formula is C18H17ClN2O4S. The Morgan fingerprint density at radius 3 is 2.88 bits per heavy atom. The summed E-state index contributed by atoms with van der Waals surface area (Å²) in [6.07, 6.45) is 2.04. The van der Waals surface area contributed by atoms with E-state index in [2.05, 4.69) is 4.98 Å². The number of aryl methyl sites for hydroxylation is 1. The van der Waals surface area contributed by atoms with Crippen LogP contribution in [0.1, 0.15) is 31.6 Å². The van der Waals surface area contributed by atoms with Crippen LogP contribution in [0.5, 0.6) is 5.75 Å². The second kappa shape index (κ2) is 7.88. The van der Waals surface area contributed by atoms with Gasteiger partial charge in [0.1, 0.15) is 11.9 Å². The molecule has 26 heavy (non-hydrogen) atoms. The van der Waals surface area contributed by atoms with Crippen molar-refractivity contribution in [3.63, 3.8) is 0 Å². The monoisotopic (exact) mass is 392 g/mol. The predicted octanol–water partition coefficient (Wildman–Crippen LogP) is 4.12. The van der Waals surface area contributed by atoms with Crippen molar-refractivity contribution < 1.29 is 14.6 Å². The van der Waals surface area contributed by atoms with Crippen molar-refractivity contribution in [1.29, 1.82) is 0 Å². The molecule has 2 aromatic heterocycles. The number of fused-ring (bicyclic) bond motifs is 1. The summed E-state index contributed by atoms with van der Waals surface area (Å²) < 4.78 is 8.18. The summed E-state index contributed by atoms with van der Waals surface area (Å²) in [4.78, 5) is 27.1. The maximum absolute atomic E-state index is 12.2. The van der Waals surface area contributed by atoms with E-state index in [1.165, 1.54) is 4.57 Å². The minimum Gasteiger partial charge on any atom is -0.483 e. The number of benzene rings is 1. The number of nitrogens with zero attached hydrogens (tertiary/aromatic N) is 2. The van der Waals surface area contributed by atoms with Crippen LogP contribution in [0.4, 0.5) is 0 Å². The van der Waals surface area contributed by atoms with E-state index in [0.29, 0.717) is 27.4 Å². The Labute approximate surface area is 158 Å². The number of aromatic nitrogens is 2. The maximum atomic E-state index is 12.2. The number of thiazole rings is 1. The highest BCUT2D eigenvalue weighted by molar-refractivity contribution is 7.16. The lowest BCUT2D eigenvalue weighted by atomic mass is 10.2. The number of carbonyl (C=O) groups is 1. The van der Waals surface area contributed by atoms with E-state index in [4.69, 9.17) is 21.4 Å². The van der Waals surface area contributed by atoms with Gasteiger partial charge >= 0.3 is 10.8 Å². The number of halogens is 1. The van der Waals surface area contributed by atoms with Crippen molar-refractivity contribution in [2.45, 2.75) is 32.4 Å². The van der Waals surface area contributed by atoms with Crippen molar-refractivity contribution in [1.82, 2.24) is 9.55 Å². The first-order valence-corrected chi connectivity index (χ1v) is 9.31. The van der Waals surface area contributed by atoms with Crippen LogP contribution < -0.4 is 9.61 Å². The minimum absolute atomic E-state index is 0.107. The lowest BCUT2D eigenvalue weighted by Crippen LogP contribution is -2.15. The molecule has 0 bridgehead atoms. The quantitative estimate of drug-likeness (QED) is 0.654. The predicted molar refractivity (Wildman–Crippen MR) is 101 cm³/mol. The van der Waals surface area contributed by atoms with Gasteiger partial charge < -0.3 is 9.84 Å². The molecule has 3 aromatic rings. The Kier molecular flexibility index (Phi) is 5.58. The molecule has 0 saturated heterocycles. The van der Waals surface area contributed by atoms with E-state index in [0.717, 1.165) is 17.0 Å². The van der Waals surface area contributed by atoms with Gasteiger partial charge in [0.15, 0.2) is 0 Å². The number of rotatable bonds is 7. The first-order chi connectivity index (χ1) is 12.5. The van der Waals surface area contributed by atoms with Crippen LogP contribution in [0.2, 0.25) is 5.02 Å². The molecule has 6 nitrogen and oxygen atoms in total. The minimum atomic E-state index is -0.955. The average molecular weight is 393 g/mol. The molecule has 0 aliphatic heterocycles. The number of hydrogen-bond donors (Lipinski definition) is 1. The van der Waals surface area contributed by atoms with E-state index in [1.807, 2.05) is 25.1 Å². The summed E-state index contributed by atoms with van der Waals surface area (Å²) in [5, 5.41) is 9.21. The standard InChI is InChI=1S/C18H17ClN2O4S/c1-2-14(12-5-3-4-7-20-12)25-15-10-16-13(9-11(15)19)21(18(24)26-16)8-6-17(22)23/h3-5,7,9-10,14H,2,6,8H2,1H3,(H,22,23)/t14-/m0/s1. The second-order valence-electron chi connectivity index (χ2n) is 5.68. The van der Waals surface area contributed by atoms with Gasteiger partial charge in [-0.25, -0.2) is 0 Å². The third-order valence-electron chi connectivity index (χ3n) is 3.93. The first kappa shape index (κ1) is 18.4. The smallest absolute Gasteiger partial charge is 0.308 e. The maximum Gasteiger partial charge on any atom is 0.308 e. The lowest BCUT2D eigenvalue weighted by Gasteiger charge is -2.18. The van der Waals surface area contributed by atoms with Gasteiger partial charge in [-0.2, -0.15) is 0 Å². The van der Waals surface area contributed by atoms with Gasteiger partial charge in [-0.3, -0.25) is 19.1 Å². The molecule has 0 amide bonds. The van der Waals surface area contributed by atoms with Crippen LogP contribution in [0.3, 0.4) is 0 Å². The Balaban J connectivity index is 1.94. The van der Waals surface area contributed by atoms with E-state index >= 15 is 0 Å². The molecule has 0 aliphatic carbocycles. The highest BCUT2D eigenvalue weighted by atomic mass is 35.5. The summed E-state index contributed by atoms with van der Waals surface area (Å²) in [7, 11) is 0. The van der Waals surface area contributed by atoms with E-state index < -0.39 is 5.97 Å². The topological polar surface area (TPSA) is 81.4 Å². The number of aliphatic carboxylic acids is 1. The van der Waals surface area contributed by atoms with Gasteiger partial charge in [0.25, 0.3) is 0 Å². The molecule has 1 atom stereocenters. The highest BCUT2D eigenvalue weighted by Gasteiger charge is 2.17. The Hall–Kier alpha value is -2.38. The van der Waals surface area contributed by atoms with Gasteiger partial charge in [0.05, 0.1) is 27.4 Å². The molecule has 0 fully saturated rings. The molecule has 2 heterocycles. The van der Waals surface area contributed by atoms with Crippen molar-refractivity contribution in [3.05, 3.63) is 56.9 Å². The molecule has 3 rings (SSSR count). The number of ether oxygens (including phenoxy) is 1. The largest absolute Gasteiger partial charge is 0.483 e. The van der Waals surface area contributed by atoms with Crippen molar-refractivity contribution in [2.75, 3.05) is 0 Å². The Morgan fingerprint density at radius 2 is 2.23 bits per heavy atom. The molecule has 0 unspecified atom stereocenters. The third kappa shape index (κ3) is 3.89. The number of hydrogen-bond acceptors (Lipinski definition) is 5. The molecule has 1 N–H and O–H groups in total. The SMILES string of the molecule is CC[C@H](Oc1cc2sc(=O)n(CCC(=O)O)c2cc1Cl)c1ccccn1. The normalized spacial score (nSPS) is 12.2. The zero-order valence-corrected chi connectivity index (χ0v) is 15.6. The Bertz CT molecular complexity index is 984. The molecule has 1 aromatic carbocycles. The third-order valence-corrected chi connectivity index (χ3v) is 5.17. The molecule has 136 valence electrons. The van der Waals surface area contributed by atoms with Gasteiger partial charge in [0, 0.05) is 18.8 Å². The average Bonchev–Trinajstić information content (AvgIpc) is 2.92. The molecule has 0 saturated carbocycles. The van der Waals surface area contributed by atoms with Crippen LogP contribution in [0.25, 0.3) is 10.2 Å². The molecule has 0 spiro atoms. The van der Waals surface area contributed by atoms with Crippen molar-refractivity contribution >= 4 is 39.1 Å². The van der Waals surface area contributed by atoms with Crippen molar-refractivity contribution in [2.24, 2.45) is 0 Å². The highest BCUT2D eigenvalue weighted by Crippen LogP contribution is 2.35. The van der Waals surface area contributed by atoms with Crippen molar-refractivity contribution in [3.8, 4) is 5.75 Å². The van der Waals surface area contributed by atoms with Gasteiger partial charge in [-0.05, 0) is 24.6 Å². The fraction of sp³-hybridized carbons (Fsp3) is 0.278. The van der Waals surface area contributed by atoms with Gasteiger partial charge in [0.2, 0.25) is 0 Å². The summed E-state index contributed by atoms with van der Waals surface area (Å²) in [5.41, 5.74) is 1.42. The number of carboxylic acid groups (broad SMARTS) is 1. The van der Waals surface area contributed by atoms with Crippen LogP contribution in [-0.2, 0) is 11.3 Å². The number of pyridine rings is 1. The van der Waals surface area contributed by atoms with Crippen LogP contribution in [0, 0.1) is 0 Å². The van der Waals surface area contributed by atoms with Crippen LogP contribution in [0.15, 0.2) is 41.3 Å². The van der Waals surface area contributed by atoms with Gasteiger partial charge in [-0.15, -0.1) is 0 Å². The second-order valence-corrected chi connectivity index (χ2v) is 7.08. The fourth-order valence-electron chi connectivity index (χ4n) is 2.65. The Morgan fingerprint density at radius 1 is 1.42 bits per heavy atom. The summed E-state index contributed by atoms with van der Waals surface area (Å²) in [6.45, 7) is 2.10. The zero-order valence-electron chi connectivity index (χ0n) is 14.0. The van der Waals surface area contributed by atoms with E-state index in [9.17, 15) is 9.59 Å². The molecule has 8 heteroatoms. The van der Waals surface area contributed by atoms with Gasteiger partial charge in [-0.1, -0.05) is 35.9 Å². The fourth-order valence-corrected chi connectivity index (χ4v) is 3.78. The molecule has 0 aliphatic rings. The van der Waals surface area contributed by atoms with Crippen LogP contribution in [-0.4, -0.2) is 20.6 Å².